The number of hydrogen-bond donors (Lipinski definition) is 3. The van der Waals surface area contributed by atoms with E-state index < -0.39 is 21.7 Å². The molecule has 0 bridgehead atoms. The first-order valence-electron chi connectivity index (χ1n) is 8.34. The highest BCUT2D eigenvalue weighted by Gasteiger charge is 2.27. The van der Waals surface area contributed by atoms with E-state index in [1.165, 1.54) is 16.8 Å². The van der Waals surface area contributed by atoms with Crippen molar-refractivity contribution in [3.8, 4) is 16.9 Å². The van der Waals surface area contributed by atoms with Gasteiger partial charge in [0.25, 0.3) is 5.69 Å². The van der Waals surface area contributed by atoms with Crippen LogP contribution >= 0.6 is 12.2 Å². The lowest BCUT2D eigenvalue weighted by Crippen LogP contribution is -2.26. The number of nitrogens with zero attached hydrogens (tertiary/aromatic N) is 4. The number of nitrogens with one attached hydrogen (secondary N) is 3. The number of rotatable bonds is 5. The van der Waals surface area contributed by atoms with E-state index in [4.69, 9.17) is 12.2 Å². The van der Waals surface area contributed by atoms with Crippen LogP contribution in [0.1, 0.15) is 11.7 Å². The van der Waals surface area contributed by atoms with Crippen molar-refractivity contribution in [2.75, 3.05) is 0 Å². The Morgan fingerprint density at radius 1 is 1.07 bits per heavy atom. The maximum atomic E-state index is 11.5. The molecule has 0 spiro atoms. The molecule has 2 aromatic carbocycles. The number of nitro benzene ring substituents is 2. The molecular weight excluding hydrogens is 398 g/mol. The fourth-order valence-corrected chi connectivity index (χ4v) is 3.18. The number of hydrazine groups is 1. The molecule has 1 aliphatic rings. The van der Waals surface area contributed by atoms with E-state index >= 15 is 0 Å². The van der Waals surface area contributed by atoms with Crippen LogP contribution in [-0.4, -0.2) is 24.7 Å². The second kappa shape index (κ2) is 7.26. The van der Waals surface area contributed by atoms with Crippen LogP contribution in [0.3, 0.4) is 0 Å². The molecule has 1 unspecified atom stereocenters. The fourth-order valence-electron chi connectivity index (χ4n) is 3.00. The fraction of sp³-hybridized carbons (Fsp3) is 0.0588. The molecule has 3 aromatic rings. The van der Waals surface area contributed by atoms with Gasteiger partial charge in [-0.3, -0.25) is 25.7 Å². The molecule has 1 aromatic heterocycles. The van der Waals surface area contributed by atoms with Gasteiger partial charge in [0.2, 0.25) is 0 Å². The average molecular weight is 411 g/mol. The van der Waals surface area contributed by atoms with Crippen molar-refractivity contribution in [3.05, 3.63) is 80.5 Å². The lowest BCUT2D eigenvalue weighted by Gasteiger charge is -2.09. The summed E-state index contributed by atoms with van der Waals surface area (Å²) in [6, 6.07) is 12.7. The van der Waals surface area contributed by atoms with Crippen LogP contribution in [0.25, 0.3) is 16.9 Å². The van der Waals surface area contributed by atoms with Crippen LogP contribution in [0.2, 0.25) is 0 Å². The Bertz CT molecular complexity index is 1130. The summed E-state index contributed by atoms with van der Waals surface area (Å²) < 4.78 is 1.34. The maximum absolute atomic E-state index is 11.5. The van der Waals surface area contributed by atoms with E-state index in [0.29, 0.717) is 16.4 Å². The molecular formula is C17H13N7O4S. The van der Waals surface area contributed by atoms with Crippen LogP contribution < -0.4 is 16.2 Å². The molecule has 29 heavy (non-hydrogen) atoms. The van der Waals surface area contributed by atoms with E-state index in [1.807, 2.05) is 30.3 Å². The standard InChI is InChI=1S/C17H13N7O4S/c25-23(26)11-6-7-13(14(8-11)24(27)28)22-9-12(16-18-17(29)20-19-16)15(21-22)10-4-2-1-3-5-10/h1-9,16,19H,(H2,18,20,29). The van der Waals surface area contributed by atoms with Gasteiger partial charge in [-0.25, -0.2) is 10.1 Å². The average Bonchev–Trinajstić information content (AvgIpc) is 3.34. The minimum absolute atomic E-state index is 0.109. The lowest BCUT2D eigenvalue weighted by atomic mass is 10.1. The summed E-state index contributed by atoms with van der Waals surface area (Å²) in [4.78, 5) is 21.2. The molecule has 146 valence electrons. The van der Waals surface area contributed by atoms with E-state index in [2.05, 4.69) is 21.3 Å². The quantitative estimate of drug-likeness (QED) is 0.328. The van der Waals surface area contributed by atoms with E-state index in [1.54, 1.807) is 6.20 Å². The zero-order chi connectivity index (χ0) is 20.5. The van der Waals surface area contributed by atoms with Crippen LogP contribution in [0.4, 0.5) is 11.4 Å². The van der Waals surface area contributed by atoms with Crippen molar-refractivity contribution < 1.29 is 9.85 Å². The highest BCUT2D eigenvalue weighted by Crippen LogP contribution is 2.32. The van der Waals surface area contributed by atoms with Crippen molar-refractivity contribution in [2.24, 2.45) is 0 Å². The Labute approximate surface area is 168 Å². The number of nitro groups is 2. The van der Waals surface area contributed by atoms with Gasteiger partial charge in [0.1, 0.15) is 11.9 Å². The summed E-state index contributed by atoms with van der Waals surface area (Å²) in [6.45, 7) is 0. The van der Waals surface area contributed by atoms with Crippen molar-refractivity contribution in [1.82, 2.24) is 25.9 Å². The summed E-state index contributed by atoms with van der Waals surface area (Å²) in [5, 5.41) is 30.5. The third-order valence-corrected chi connectivity index (χ3v) is 4.54. The smallest absolute Gasteiger partial charge is 0.301 e. The van der Waals surface area contributed by atoms with Crippen LogP contribution in [0, 0.1) is 20.2 Å². The summed E-state index contributed by atoms with van der Waals surface area (Å²) >= 11 is 5.08. The second-order valence-electron chi connectivity index (χ2n) is 6.11. The van der Waals surface area contributed by atoms with E-state index in [9.17, 15) is 20.2 Å². The zero-order valence-corrected chi connectivity index (χ0v) is 15.4. The molecule has 0 aliphatic carbocycles. The molecule has 1 atom stereocenters. The molecule has 1 fully saturated rings. The molecule has 4 rings (SSSR count). The Morgan fingerprint density at radius 2 is 1.83 bits per heavy atom. The summed E-state index contributed by atoms with van der Waals surface area (Å²) in [5.41, 5.74) is 7.16. The van der Waals surface area contributed by atoms with Gasteiger partial charge >= 0.3 is 5.69 Å². The normalized spacial score (nSPS) is 15.6. The molecule has 2 heterocycles. The molecule has 1 aliphatic heterocycles. The van der Waals surface area contributed by atoms with Crippen LogP contribution in [-0.2, 0) is 0 Å². The molecule has 0 saturated carbocycles. The molecule has 0 amide bonds. The van der Waals surface area contributed by atoms with Gasteiger partial charge in [0, 0.05) is 23.4 Å². The lowest BCUT2D eigenvalue weighted by molar-refractivity contribution is -0.394. The van der Waals surface area contributed by atoms with Crippen LogP contribution in [0.5, 0.6) is 0 Å². The van der Waals surface area contributed by atoms with Crippen molar-refractivity contribution >= 4 is 28.7 Å². The number of aromatic nitrogens is 2. The first-order valence-corrected chi connectivity index (χ1v) is 8.75. The Balaban J connectivity index is 1.87. The summed E-state index contributed by atoms with van der Waals surface area (Å²) in [5.74, 6) is 0. The minimum Gasteiger partial charge on any atom is -0.341 e. The molecule has 12 heteroatoms. The highest BCUT2D eigenvalue weighted by molar-refractivity contribution is 7.80. The monoisotopic (exact) mass is 411 g/mol. The first-order chi connectivity index (χ1) is 13.9. The molecule has 3 N–H and O–H groups in total. The second-order valence-corrected chi connectivity index (χ2v) is 6.51. The predicted octanol–water partition coefficient (Wildman–Crippen LogP) is 2.34. The Hall–Kier alpha value is -3.90. The van der Waals surface area contributed by atoms with Gasteiger partial charge in [-0.15, -0.1) is 0 Å². The number of thiocarbonyl (C=S) groups is 1. The van der Waals surface area contributed by atoms with Gasteiger partial charge in [0.05, 0.1) is 21.6 Å². The van der Waals surface area contributed by atoms with Gasteiger partial charge in [-0.1, -0.05) is 30.3 Å². The van der Waals surface area contributed by atoms with Gasteiger partial charge in [0.15, 0.2) is 5.11 Å². The SMILES string of the molecule is O=[N+]([O-])c1ccc(-n2cc(C3NNC(=S)N3)c(-c3ccccc3)n2)c([N+](=O)[O-])c1. The number of benzene rings is 2. The predicted molar refractivity (Wildman–Crippen MR) is 107 cm³/mol. The van der Waals surface area contributed by atoms with Crippen molar-refractivity contribution in [3.63, 3.8) is 0 Å². The molecule has 11 nitrogen and oxygen atoms in total. The van der Waals surface area contributed by atoms with Gasteiger partial charge in [-0.2, -0.15) is 5.10 Å². The van der Waals surface area contributed by atoms with E-state index in [-0.39, 0.29) is 11.4 Å². The van der Waals surface area contributed by atoms with Crippen molar-refractivity contribution in [1.29, 1.82) is 0 Å². The van der Waals surface area contributed by atoms with Gasteiger partial charge in [-0.05, 0) is 18.3 Å². The van der Waals surface area contributed by atoms with Crippen molar-refractivity contribution in [2.45, 2.75) is 6.17 Å². The summed E-state index contributed by atoms with van der Waals surface area (Å²) in [6.07, 6.45) is 1.21. The van der Waals surface area contributed by atoms with Gasteiger partial charge < -0.3 is 5.32 Å². The first kappa shape index (κ1) is 18.5. The highest BCUT2D eigenvalue weighted by atomic mass is 32.1. The Morgan fingerprint density at radius 3 is 2.45 bits per heavy atom. The minimum atomic E-state index is -0.681. The summed E-state index contributed by atoms with van der Waals surface area (Å²) in [7, 11) is 0. The maximum Gasteiger partial charge on any atom is 0.301 e. The third-order valence-electron chi connectivity index (χ3n) is 4.32. The number of non-ortho nitro benzene ring substituents is 1. The van der Waals surface area contributed by atoms with E-state index in [0.717, 1.165) is 11.6 Å². The number of hydrogen-bond acceptors (Lipinski definition) is 7. The molecule has 0 radical (unpaired) electrons. The third kappa shape index (κ3) is 3.49. The Kier molecular flexibility index (Phi) is 4.62. The van der Waals surface area contributed by atoms with Crippen LogP contribution in [0.15, 0.2) is 54.7 Å². The topological polar surface area (TPSA) is 140 Å². The molecule has 1 saturated heterocycles. The largest absolute Gasteiger partial charge is 0.341 e. The zero-order valence-electron chi connectivity index (χ0n) is 14.6.